The van der Waals surface area contributed by atoms with Crippen LogP contribution in [0, 0.1) is 0 Å². The zero-order valence-electron chi connectivity index (χ0n) is 14.2. The van der Waals surface area contributed by atoms with Crippen molar-refractivity contribution in [2.75, 3.05) is 18.5 Å². The molecule has 1 heterocycles. The zero-order chi connectivity index (χ0) is 17.2. The molecule has 25 heavy (non-hydrogen) atoms. The van der Waals surface area contributed by atoms with Crippen molar-refractivity contribution in [2.45, 2.75) is 0 Å². The standard InChI is InChI=1S/C22H20N2O/c1-24-20-12-6-3-9-17(20)22(18-10-4-7-13-21(18)24)16-8-2-5-11-19(16)23-14-15-25/h2-13,25H,14-15H2,1H3/p+1. The summed E-state index contributed by atoms with van der Waals surface area (Å²) in [6.45, 7) is 0.646. The van der Waals surface area contributed by atoms with E-state index in [0.29, 0.717) is 6.54 Å². The van der Waals surface area contributed by atoms with Crippen molar-refractivity contribution in [3.05, 3.63) is 72.8 Å². The van der Waals surface area contributed by atoms with Gasteiger partial charge in [-0.05, 0) is 18.2 Å². The molecule has 0 saturated heterocycles. The van der Waals surface area contributed by atoms with Crippen LogP contribution in [0.2, 0.25) is 0 Å². The molecule has 0 aliphatic carbocycles. The van der Waals surface area contributed by atoms with E-state index >= 15 is 0 Å². The van der Waals surface area contributed by atoms with Crippen molar-refractivity contribution in [3.63, 3.8) is 0 Å². The van der Waals surface area contributed by atoms with E-state index in [2.05, 4.69) is 83.7 Å². The van der Waals surface area contributed by atoms with Crippen LogP contribution in [0.15, 0.2) is 72.8 Å². The van der Waals surface area contributed by atoms with Gasteiger partial charge in [-0.25, -0.2) is 0 Å². The van der Waals surface area contributed by atoms with Crippen LogP contribution in [0.3, 0.4) is 0 Å². The number of pyridine rings is 1. The lowest BCUT2D eigenvalue weighted by molar-refractivity contribution is -0.617. The van der Waals surface area contributed by atoms with E-state index in [1.54, 1.807) is 0 Å². The van der Waals surface area contributed by atoms with Crippen LogP contribution < -0.4 is 9.88 Å². The molecule has 0 amide bonds. The summed E-state index contributed by atoms with van der Waals surface area (Å²) in [5.74, 6) is 0. The first-order chi connectivity index (χ1) is 12.3. The van der Waals surface area contributed by atoms with Gasteiger partial charge in [0.1, 0.15) is 7.05 Å². The van der Waals surface area contributed by atoms with Gasteiger partial charge < -0.3 is 10.4 Å². The number of benzene rings is 3. The van der Waals surface area contributed by atoms with Crippen LogP contribution in [-0.2, 0) is 7.05 Å². The molecule has 3 aromatic carbocycles. The molecule has 2 N–H and O–H groups in total. The van der Waals surface area contributed by atoms with Crippen molar-refractivity contribution < 1.29 is 9.67 Å². The van der Waals surface area contributed by atoms with E-state index in [4.69, 9.17) is 0 Å². The second-order valence-electron chi connectivity index (χ2n) is 6.16. The summed E-state index contributed by atoms with van der Waals surface area (Å²) in [5.41, 5.74) is 5.83. The number of nitrogens with zero attached hydrogens (tertiary/aromatic N) is 1. The highest BCUT2D eigenvalue weighted by atomic mass is 16.3. The minimum atomic E-state index is 0.111. The average molecular weight is 329 g/mol. The van der Waals surface area contributed by atoms with Crippen molar-refractivity contribution in [1.82, 2.24) is 0 Å². The lowest BCUT2D eigenvalue weighted by atomic mass is 9.94. The fourth-order valence-corrected chi connectivity index (χ4v) is 3.57. The van der Waals surface area contributed by atoms with E-state index < -0.39 is 0 Å². The van der Waals surface area contributed by atoms with Crippen molar-refractivity contribution >= 4 is 27.5 Å². The Hall–Kier alpha value is -2.91. The minimum absolute atomic E-state index is 0.111. The Kier molecular flexibility index (Phi) is 4.08. The van der Waals surface area contributed by atoms with Gasteiger partial charge in [0.25, 0.3) is 0 Å². The maximum Gasteiger partial charge on any atom is 0.213 e. The summed E-state index contributed by atoms with van der Waals surface area (Å²) < 4.78 is 2.25. The van der Waals surface area contributed by atoms with Crippen LogP contribution in [0.1, 0.15) is 0 Å². The predicted octanol–water partition coefficient (Wildman–Crippen LogP) is 3.89. The number of aryl methyl sites for hydroxylation is 1. The molecule has 4 rings (SSSR count). The van der Waals surface area contributed by atoms with Crippen molar-refractivity contribution in [2.24, 2.45) is 7.05 Å². The molecule has 4 aromatic rings. The van der Waals surface area contributed by atoms with Crippen LogP contribution in [0.4, 0.5) is 5.69 Å². The number of anilines is 1. The molecule has 1 aromatic heterocycles. The fourth-order valence-electron chi connectivity index (χ4n) is 3.57. The molecular formula is C22H21N2O+. The Balaban J connectivity index is 2.12. The molecule has 0 saturated carbocycles. The third-order valence-electron chi connectivity index (χ3n) is 4.69. The maximum absolute atomic E-state index is 9.20. The van der Waals surface area contributed by atoms with E-state index in [9.17, 15) is 5.11 Å². The molecule has 0 aliphatic rings. The van der Waals surface area contributed by atoms with Crippen LogP contribution >= 0.6 is 0 Å². The lowest BCUT2D eigenvalue weighted by Crippen LogP contribution is -2.30. The van der Waals surface area contributed by atoms with Gasteiger partial charge in [0.05, 0.1) is 17.4 Å². The van der Waals surface area contributed by atoms with Gasteiger partial charge >= 0.3 is 0 Å². The van der Waals surface area contributed by atoms with E-state index in [-0.39, 0.29) is 6.61 Å². The number of hydrogen-bond acceptors (Lipinski definition) is 2. The second kappa shape index (κ2) is 6.54. The molecule has 0 radical (unpaired) electrons. The van der Waals surface area contributed by atoms with Crippen LogP contribution in [-0.4, -0.2) is 18.3 Å². The molecule has 0 unspecified atom stereocenters. The average Bonchev–Trinajstić information content (AvgIpc) is 2.67. The summed E-state index contributed by atoms with van der Waals surface area (Å²) in [4.78, 5) is 0. The predicted molar refractivity (Wildman–Crippen MR) is 104 cm³/mol. The largest absolute Gasteiger partial charge is 0.395 e. The third kappa shape index (κ3) is 2.63. The van der Waals surface area contributed by atoms with Gasteiger partial charge in [-0.1, -0.05) is 42.5 Å². The zero-order valence-corrected chi connectivity index (χ0v) is 14.2. The molecule has 0 atom stereocenters. The van der Waals surface area contributed by atoms with Gasteiger partial charge in [0.15, 0.2) is 0 Å². The highest BCUT2D eigenvalue weighted by Gasteiger charge is 2.19. The van der Waals surface area contributed by atoms with Crippen LogP contribution in [0.25, 0.3) is 32.9 Å². The minimum Gasteiger partial charge on any atom is -0.395 e. The summed E-state index contributed by atoms with van der Waals surface area (Å²) in [5, 5.41) is 15.0. The van der Waals surface area contributed by atoms with Crippen LogP contribution in [0.5, 0.6) is 0 Å². The molecule has 0 bridgehead atoms. The van der Waals surface area contributed by atoms with Gasteiger partial charge in [-0.2, -0.15) is 4.57 Å². The van der Waals surface area contributed by atoms with Crippen molar-refractivity contribution in [1.29, 1.82) is 0 Å². The van der Waals surface area contributed by atoms with Gasteiger partial charge in [-0.3, -0.25) is 0 Å². The normalized spacial score (nSPS) is 11.1. The number of rotatable bonds is 4. The van der Waals surface area contributed by atoms with Gasteiger partial charge in [0.2, 0.25) is 11.0 Å². The molecule has 0 spiro atoms. The van der Waals surface area contributed by atoms with E-state index in [1.807, 2.05) is 6.07 Å². The summed E-state index contributed by atoms with van der Waals surface area (Å²) in [6, 6.07) is 25.3. The third-order valence-corrected chi connectivity index (χ3v) is 4.69. The molecule has 124 valence electrons. The molecule has 0 aliphatic heterocycles. The fraction of sp³-hybridized carbons (Fsp3) is 0.136. The van der Waals surface area contributed by atoms with Gasteiger partial charge in [-0.15, -0.1) is 0 Å². The smallest absolute Gasteiger partial charge is 0.213 e. The number of aromatic nitrogens is 1. The highest BCUT2D eigenvalue weighted by molar-refractivity contribution is 6.09. The van der Waals surface area contributed by atoms with Crippen molar-refractivity contribution in [3.8, 4) is 11.1 Å². The first kappa shape index (κ1) is 15.6. The summed E-state index contributed by atoms with van der Waals surface area (Å²) >= 11 is 0. The van der Waals surface area contributed by atoms with Gasteiger partial charge in [0, 0.05) is 35.5 Å². The quantitative estimate of drug-likeness (QED) is 0.440. The lowest BCUT2D eigenvalue weighted by Gasteiger charge is -2.15. The Morgan fingerprint density at radius 3 is 2.00 bits per heavy atom. The second-order valence-corrected chi connectivity index (χ2v) is 6.16. The number of aliphatic hydroxyl groups excluding tert-OH is 1. The SMILES string of the molecule is C[n+]1c2ccccc2c(-c2ccccc2NCCO)c2ccccc21. The number of hydrogen-bond donors (Lipinski definition) is 2. The highest BCUT2D eigenvalue weighted by Crippen LogP contribution is 2.37. The number of nitrogens with one attached hydrogen (secondary N) is 1. The molecule has 0 fully saturated rings. The first-order valence-corrected chi connectivity index (χ1v) is 8.55. The van der Waals surface area contributed by atoms with E-state index in [1.165, 1.54) is 27.4 Å². The topological polar surface area (TPSA) is 36.1 Å². The Morgan fingerprint density at radius 1 is 0.800 bits per heavy atom. The summed E-state index contributed by atoms with van der Waals surface area (Å²) in [6.07, 6.45) is 0. The Morgan fingerprint density at radius 2 is 1.36 bits per heavy atom. The number of fused-ring (bicyclic) bond motifs is 2. The molecular weight excluding hydrogens is 308 g/mol. The molecule has 3 nitrogen and oxygen atoms in total. The summed E-state index contributed by atoms with van der Waals surface area (Å²) in [7, 11) is 2.12. The number of aliphatic hydroxyl groups is 1. The maximum atomic E-state index is 9.20. The first-order valence-electron chi connectivity index (χ1n) is 8.55. The Labute approximate surface area is 147 Å². The number of para-hydroxylation sites is 3. The molecule has 3 heteroatoms. The van der Waals surface area contributed by atoms with E-state index in [0.717, 1.165) is 11.3 Å². The Bertz CT molecular complexity index is 999. The monoisotopic (exact) mass is 329 g/mol.